The van der Waals surface area contributed by atoms with Crippen molar-refractivity contribution in [3.8, 4) is 5.75 Å². The Kier molecular flexibility index (Phi) is 3.63. The van der Waals surface area contributed by atoms with Gasteiger partial charge in [-0.15, -0.1) is 0 Å². The molecule has 0 fully saturated rings. The Morgan fingerprint density at radius 3 is 2.93 bits per heavy atom. The van der Waals surface area contributed by atoms with Crippen LogP contribution in [0.15, 0.2) is 17.1 Å². The van der Waals surface area contributed by atoms with Crippen LogP contribution in [0.2, 0.25) is 5.02 Å². The highest BCUT2D eigenvalue weighted by atomic mass is 35.5. The Hall–Kier alpha value is -1.38. The number of carbonyl (C=O) groups excluding carboxylic acids is 1. The second kappa shape index (κ2) is 4.74. The maximum Gasteiger partial charge on any atom is 0.235 e. The van der Waals surface area contributed by atoms with Crippen molar-refractivity contribution in [1.82, 2.24) is 0 Å². The topological polar surface area (TPSA) is 38.7 Å². The normalized spacial score (nSPS) is 9.36. The molecule has 0 spiro atoms. The fourth-order valence-corrected chi connectivity index (χ4v) is 1.19. The summed E-state index contributed by atoms with van der Waals surface area (Å²) in [5.74, 6) is -0.256. The SMILES string of the molecule is COc1cc(F)c(Cl)cc1CN=C=O. The monoisotopic (exact) mass is 215 g/mol. The largest absolute Gasteiger partial charge is 0.496 e. The van der Waals surface area contributed by atoms with Crippen LogP contribution in [0.3, 0.4) is 0 Å². The van der Waals surface area contributed by atoms with Crippen LogP contribution < -0.4 is 4.74 Å². The lowest BCUT2D eigenvalue weighted by molar-refractivity contribution is 0.406. The molecule has 3 nitrogen and oxygen atoms in total. The first kappa shape index (κ1) is 10.7. The number of halogens is 2. The van der Waals surface area contributed by atoms with E-state index in [0.717, 1.165) is 6.07 Å². The van der Waals surface area contributed by atoms with E-state index in [2.05, 4.69) is 4.99 Å². The van der Waals surface area contributed by atoms with Gasteiger partial charge in [0.15, 0.2) is 0 Å². The number of benzene rings is 1. The van der Waals surface area contributed by atoms with E-state index in [1.54, 1.807) is 0 Å². The molecule has 1 aromatic carbocycles. The van der Waals surface area contributed by atoms with Crippen LogP contribution in [-0.4, -0.2) is 13.2 Å². The van der Waals surface area contributed by atoms with Crippen LogP contribution in [0.4, 0.5) is 4.39 Å². The molecule has 0 N–H and O–H groups in total. The molecule has 74 valence electrons. The lowest BCUT2D eigenvalue weighted by Crippen LogP contribution is -1.93. The molecule has 0 saturated carbocycles. The molecule has 0 aliphatic heterocycles. The van der Waals surface area contributed by atoms with Gasteiger partial charge in [0.1, 0.15) is 11.6 Å². The van der Waals surface area contributed by atoms with E-state index in [4.69, 9.17) is 16.3 Å². The van der Waals surface area contributed by atoms with Gasteiger partial charge in [0.25, 0.3) is 0 Å². The number of ether oxygens (including phenoxy) is 1. The van der Waals surface area contributed by atoms with E-state index >= 15 is 0 Å². The van der Waals surface area contributed by atoms with Gasteiger partial charge in [0, 0.05) is 11.6 Å². The van der Waals surface area contributed by atoms with E-state index in [1.165, 1.54) is 19.3 Å². The summed E-state index contributed by atoms with van der Waals surface area (Å²) in [5, 5.41) is -0.0260. The van der Waals surface area contributed by atoms with E-state index in [9.17, 15) is 9.18 Å². The molecule has 5 heteroatoms. The Balaban J connectivity index is 3.12. The van der Waals surface area contributed by atoms with Crippen LogP contribution in [0, 0.1) is 5.82 Å². The molecule has 1 aromatic rings. The quantitative estimate of drug-likeness (QED) is 0.573. The van der Waals surface area contributed by atoms with Crippen molar-refractivity contribution in [2.24, 2.45) is 4.99 Å². The molecular formula is C9H7ClFNO2. The number of isocyanates is 1. The van der Waals surface area contributed by atoms with Gasteiger partial charge in [-0.1, -0.05) is 11.6 Å². The molecule has 0 radical (unpaired) electrons. The first-order chi connectivity index (χ1) is 6.69. The molecule has 0 atom stereocenters. The molecule has 0 aromatic heterocycles. The minimum atomic E-state index is -0.567. The van der Waals surface area contributed by atoms with Gasteiger partial charge in [-0.05, 0) is 6.07 Å². The van der Waals surface area contributed by atoms with Gasteiger partial charge in [0.05, 0.1) is 18.7 Å². The Morgan fingerprint density at radius 2 is 2.36 bits per heavy atom. The zero-order valence-corrected chi connectivity index (χ0v) is 8.14. The van der Waals surface area contributed by atoms with E-state index in [1.807, 2.05) is 0 Å². The summed E-state index contributed by atoms with van der Waals surface area (Å²) in [5.41, 5.74) is 0.544. The molecule has 0 bridgehead atoms. The standard InChI is InChI=1S/C9H7ClFNO2/c1-14-9-3-8(11)7(10)2-6(9)4-12-5-13/h2-3H,4H2,1H3. The minimum Gasteiger partial charge on any atom is -0.496 e. The van der Waals surface area contributed by atoms with Gasteiger partial charge in [0.2, 0.25) is 6.08 Å². The zero-order chi connectivity index (χ0) is 10.6. The smallest absolute Gasteiger partial charge is 0.235 e. The fraction of sp³-hybridized carbons (Fsp3) is 0.222. The van der Waals surface area contributed by atoms with Crippen molar-refractivity contribution in [2.45, 2.75) is 6.54 Å². The number of methoxy groups -OCH3 is 1. The molecule has 0 saturated heterocycles. The van der Waals surface area contributed by atoms with Gasteiger partial charge in [-0.25, -0.2) is 14.2 Å². The van der Waals surface area contributed by atoms with Crippen molar-refractivity contribution in [2.75, 3.05) is 7.11 Å². The third-order valence-electron chi connectivity index (χ3n) is 1.64. The molecule has 0 unspecified atom stereocenters. The van der Waals surface area contributed by atoms with E-state index in [0.29, 0.717) is 11.3 Å². The molecule has 0 aliphatic carbocycles. The van der Waals surface area contributed by atoms with Gasteiger partial charge in [-0.3, -0.25) is 0 Å². The van der Waals surface area contributed by atoms with Crippen LogP contribution >= 0.6 is 11.6 Å². The maximum atomic E-state index is 12.9. The van der Waals surface area contributed by atoms with Crippen molar-refractivity contribution in [1.29, 1.82) is 0 Å². The maximum absolute atomic E-state index is 12.9. The first-order valence-electron chi connectivity index (χ1n) is 3.74. The first-order valence-corrected chi connectivity index (χ1v) is 4.12. The number of aliphatic imine (C=N–C) groups is 1. The predicted octanol–water partition coefficient (Wildman–Crippen LogP) is 2.32. The van der Waals surface area contributed by atoms with E-state index in [-0.39, 0.29) is 11.6 Å². The predicted molar refractivity (Wildman–Crippen MR) is 49.8 cm³/mol. The highest BCUT2D eigenvalue weighted by Gasteiger charge is 2.08. The van der Waals surface area contributed by atoms with Crippen LogP contribution in [0.1, 0.15) is 5.56 Å². The number of nitrogens with zero attached hydrogens (tertiary/aromatic N) is 1. The lowest BCUT2D eigenvalue weighted by Gasteiger charge is -2.06. The molecule has 0 amide bonds. The summed E-state index contributed by atoms with van der Waals surface area (Å²) in [6.45, 7) is 0.0761. The summed E-state index contributed by atoms with van der Waals surface area (Å²) < 4.78 is 17.8. The molecule has 1 rings (SSSR count). The average molecular weight is 216 g/mol. The Labute approximate surface area is 85.2 Å². The van der Waals surface area contributed by atoms with Gasteiger partial charge < -0.3 is 4.74 Å². The van der Waals surface area contributed by atoms with Crippen molar-refractivity contribution < 1.29 is 13.9 Å². The molecular weight excluding hydrogens is 209 g/mol. The zero-order valence-electron chi connectivity index (χ0n) is 7.38. The highest BCUT2D eigenvalue weighted by molar-refractivity contribution is 6.30. The van der Waals surface area contributed by atoms with Crippen LogP contribution in [-0.2, 0) is 11.3 Å². The summed E-state index contributed by atoms with van der Waals surface area (Å²) in [4.78, 5) is 13.2. The van der Waals surface area contributed by atoms with Crippen molar-refractivity contribution >= 4 is 17.7 Å². The van der Waals surface area contributed by atoms with Crippen LogP contribution in [0.25, 0.3) is 0 Å². The summed E-state index contributed by atoms with van der Waals surface area (Å²) >= 11 is 5.55. The Morgan fingerprint density at radius 1 is 1.64 bits per heavy atom. The van der Waals surface area contributed by atoms with Gasteiger partial charge >= 0.3 is 0 Å². The number of hydrogen-bond donors (Lipinski definition) is 0. The Bertz CT molecular complexity index is 389. The van der Waals surface area contributed by atoms with E-state index < -0.39 is 5.82 Å². The third kappa shape index (κ3) is 2.31. The highest BCUT2D eigenvalue weighted by Crippen LogP contribution is 2.26. The number of rotatable bonds is 3. The lowest BCUT2D eigenvalue weighted by atomic mass is 10.2. The van der Waals surface area contributed by atoms with Crippen molar-refractivity contribution in [3.05, 3.63) is 28.5 Å². The molecule has 0 aliphatic rings. The second-order valence-corrected chi connectivity index (χ2v) is 2.89. The minimum absolute atomic E-state index is 0.0260. The molecule has 0 heterocycles. The number of hydrogen-bond acceptors (Lipinski definition) is 3. The third-order valence-corrected chi connectivity index (χ3v) is 1.93. The summed E-state index contributed by atoms with van der Waals surface area (Å²) in [6, 6.07) is 2.52. The van der Waals surface area contributed by atoms with Gasteiger partial charge in [-0.2, -0.15) is 0 Å². The fourth-order valence-electron chi connectivity index (χ4n) is 1.00. The van der Waals surface area contributed by atoms with Crippen LogP contribution in [0.5, 0.6) is 5.75 Å². The summed E-state index contributed by atoms with van der Waals surface area (Å²) in [7, 11) is 1.40. The summed E-state index contributed by atoms with van der Waals surface area (Å²) in [6.07, 6.45) is 1.38. The molecule has 14 heavy (non-hydrogen) atoms. The second-order valence-electron chi connectivity index (χ2n) is 2.49. The van der Waals surface area contributed by atoms with Crippen molar-refractivity contribution in [3.63, 3.8) is 0 Å². The average Bonchev–Trinajstić information content (AvgIpc) is 2.19.